The Hall–Kier alpha value is -3.22. The lowest BCUT2D eigenvalue weighted by Gasteiger charge is -2.06. The van der Waals surface area contributed by atoms with Crippen molar-refractivity contribution in [1.29, 1.82) is 0 Å². The first-order chi connectivity index (χ1) is 10.4. The molecular formula is C15H12N2O5. The molecule has 2 N–H and O–H groups in total. The number of hydrogen-bond acceptors (Lipinski definition) is 5. The van der Waals surface area contributed by atoms with E-state index in [1.165, 1.54) is 49.4 Å². The van der Waals surface area contributed by atoms with Crippen LogP contribution >= 0.6 is 0 Å². The number of benzene rings is 2. The van der Waals surface area contributed by atoms with E-state index >= 15 is 0 Å². The molecule has 0 fully saturated rings. The average molecular weight is 300 g/mol. The number of nitrogens with zero attached hydrogens (tertiary/aromatic N) is 1. The fourth-order valence-electron chi connectivity index (χ4n) is 1.84. The molecule has 7 heteroatoms. The van der Waals surface area contributed by atoms with E-state index in [9.17, 15) is 19.7 Å². The fraction of sp³-hybridized carbons (Fsp3) is 0.0667. The summed E-state index contributed by atoms with van der Waals surface area (Å²) >= 11 is 0. The van der Waals surface area contributed by atoms with Crippen LogP contribution in [0.3, 0.4) is 0 Å². The minimum atomic E-state index is -0.648. The van der Waals surface area contributed by atoms with E-state index in [2.05, 4.69) is 0 Å². The van der Waals surface area contributed by atoms with Gasteiger partial charge in [-0.1, -0.05) is 0 Å². The number of amides is 1. The van der Waals surface area contributed by atoms with E-state index in [-0.39, 0.29) is 17.0 Å². The number of aryl methyl sites for hydroxylation is 1. The molecule has 0 radical (unpaired) electrons. The van der Waals surface area contributed by atoms with Crippen molar-refractivity contribution in [1.82, 2.24) is 0 Å². The van der Waals surface area contributed by atoms with Crippen LogP contribution < -0.4 is 10.5 Å². The number of rotatable bonds is 4. The van der Waals surface area contributed by atoms with Crippen molar-refractivity contribution in [2.24, 2.45) is 5.73 Å². The lowest BCUT2D eigenvalue weighted by molar-refractivity contribution is -0.385. The van der Waals surface area contributed by atoms with Crippen LogP contribution in [0, 0.1) is 17.0 Å². The first-order valence-corrected chi connectivity index (χ1v) is 6.25. The van der Waals surface area contributed by atoms with Crippen LogP contribution in [0.25, 0.3) is 0 Å². The van der Waals surface area contributed by atoms with Gasteiger partial charge in [0, 0.05) is 17.2 Å². The number of carbonyl (C=O) groups is 2. The Bertz CT molecular complexity index is 753. The van der Waals surface area contributed by atoms with Crippen LogP contribution in [0.5, 0.6) is 5.75 Å². The highest BCUT2D eigenvalue weighted by Gasteiger charge is 2.15. The smallest absolute Gasteiger partial charge is 0.343 e. The zero-order chi connectivity index (χ0) is 16.3. The molecule has 112 valence electrons. The summed E-state index contributed by atoms with van der Waals surface area (Å²) in [5.41, 5.74) is 5.90. The van der Waals surface area contributed by atoms with Crippen molar-refractivity contribution in [3.63, 3.8) is 0 Å². The monoisotopic (exact) mass is 300 g/mol. The third-order valence-corrected chi connectivity index (χ3v) is 2.98. The predicted molar refractivity (Wildman–Crippen MR) is 77.8 cm³/mol. The zero-order valence-corrected chi connectivity index (χ0v) is 11.6. The normalized spacial score (nSPS) is 10.0. The number of nitro groups is 1. The SMILES string of the molecule is Cc1cc(C(=O)Oc2ccc(C(N)=O)cc2)ccc1[N+](=O)[O-]. The largest absolute Gasteiger partial charge is 0.423 e. The number of nitro benzene ring substituents is 1. The molecule has 0 saturated carbocycles. The molecule has 0 aliphatic rings. The molecule has 0 unspecified atom stereocenters. The van der Waals surface area contributed by atoms with E-state index < -0.39 is 16.8 Å². The minimum Gasteiger partial charge on any atom is -0.423 e. The molecule has 2 rings (SSSR count). The second-order valence-corrected chi connectivity index (χ2v) is 4.54. The van der Waals surface area contributed by atoms with Gasteiger partial charge < -0.3 is 10.5 Å². The number of nitrogens with two attached hydrogens (primary N) is 1. The van der Waals surface area contributed by atoms with E-state index in [1.54, 1.807) is 0 Å². The third kappa shape index (κ3) is 3.26. The molecule has 1 amide bonds. The second-order valence-electron chi connectivity index (χ2n) is 4.54. The maximum Gasteiger partial charge on any atom is 0.343 e. The Morgan fingerprint density at radius 3 is 2.18 bits per heavy atom. The highest BCUT2D eigenvalue weighted by Crippen LogP contribution is 2.20. The second kappa shape index (κ2) is 6.04. The molecule has 22 heavy (non-hydrogen) atoms. The maximum absolute atomic E-state index is 12.0. The molecule has 0 aromatic heterocycles. The lowest BCUT2D eigenvalue weighted by atomic mass is 10.1. The van der Waals surface area contributed by atoms with E-state index in [0.717, 1.165) is 0 Å². The van der Waals surface area contributed by atoms with Crippen LogP contribution in [0.2, 0.25) is 0 Å². The Morgan fingerprint density at radius 2 is 1.68 bits per heavy atom. The molecule has 0 atom stereocenters. The molecule has 2 aromatic carbocycles. The summed E-state index contributed by atoms with van der Waals surface area (Å²) in [6, 6.07) is 9.72. The Labute approximate surface area is 125 Å². The van der Waals surface area contributed by atoms with Crippen molar-refractivity contribution in [2.75, 3.05) is 0 Å². The van der Waals surface area contributed by atoms with Gasteiger partial charge in [0.2, 0.25) is 5.91 Å². The Morgan fingerprint density at radius 1 is 1.09 bits per heavy atom. The number of hydrogen-bond donors (Lipinski definition) is 1. The highest BCUT2D eigenvalue weighted by atomic mass is 16.6. The Balaban J connectivity index is 2.17. The summed E-state index contributed by atoms with van der Waals surface area (Å²) in [4.78, 5) is 33.1. The maximum atomic E-state index is 12.0. The number of ether oxygens (including phenoxy) is 1. The lowest BCUT2D eigenvalue weighted by Crippen LogP contribution is -2.11. The van der Waals surface area contributed by atoms with Gasteiger partial charge in [-0.3, -0.25) is 14.9 Å². The first-order valence-electron chi connectivity index (χ1n) is 6.25. The standard InChI is InChI=1S/C15H12N2O5/c1-9-8-11(4-7-13(9)17(20)21)15(19)22-12-5-2-10(3-6-12)14(16)18/h2-8H,1H3,(H2,16,18). The van der Waals surface area contributed by atoms with Gasteiger partial charge in [-0.25, -0.2) is 4.79 Å². The Kier molecular flexibility index (Phi) is 4.17. The molecule has 2 aromatic rings. The van der Waals surface area contributed by atoms with Gasteiger partial charge in [-0.15, -0.1) is 0 Å². The van der Waals surface area contributed by atoms with Crippen molar-refractivity contribution in [3.05, 3.63) is 69.3 Å². The zero-order valence-electron chi connectivity index (χ0n) is 11.6. The summed E-state index contributed by atoms with van der Waals surface area (Å²) in [6.45, 7) is 1.54. The summed E-state index contributed by atoms with van der Waals surface area (Å²) in [5, 5.41) is 10.7. The third-order valence-electron chi connectivity index (χ3n) is 2.98. The molecular weight excluding hydrogens is 288 g/mol. The summed E-state index contributed by atoms with van der Waals surface area (Å²) in [7, 11) is 0. The average Bonchev–Trinajstić information content (AvgIpc) is 2.47. The van der Waals surface area contributed by atoms with Crippen molar-refractivity contribution in [2.45, 2.75) is 6.92 Å². The topological polar surface area (TPSA) is 113 Å². The van der Waals surface area contributed by atoms with Crippen molar-refractivity contribution >= 4 is 17.6 Å². The van der Waals surface area contributed by atoms with Gasteiger partial charge >= 0.3 is 5.97 Å². The van der Waals surface area contributed by atoms with E-state index in [4.69, 9.17) is 10.5 Å². The van der Waals surface area contributed by atoms with E-state index in [1.807, 2.05) is 0 Å². The summed E-state index contributed by atoms with van der Waals surface area (Å²) in [5.74, 6) is -0.986. The number of carbonyl (C=O) groups excluding carboxylic acids is 2. The number of primary amides is 1. The van der Waals surface area contributed by atoms with Crippen LogP contribution in [0.15, 0.2) is 42.5 Å². The fourth-order valence-corrected chi connectivity index (χ4v) is 1.84. The predicted octanol–water partition coefficient (Wildman–Crippen LogP) is 2.22. The minimum absolute atomic E-state index is 0.0673. The molecule has 0 aliphatic carbocycles. The molecule has 0 bridgehead atoms. The van der Waals surface area contributed by atoms with Gasteiger partial charge in [-0.2, -0.15) is 0 Å². The van der Waals surface area contributed by atoms with E-state index in [0.29, 0.717) is 11.1 Å². The van der Waals surface area contributed by atoms with Crippen LogP contribution in [-0.4, -0.2) is 16.8 Å². The van der Waals surface area contributed by atoms with Crippen molar-refractivity contribution in [3.8, 4) is 5.75 Å². The number of esters is 1. The first kappa shape index (κ1) is 15.2. The summed E-state index contributed by atoms with van der Waals surface area (Å²) in [6.07, 6.45) is 0. The van der Waals surface area contributed by atoms with Gasteiger partial charge in [-0.05, 0) is 43.3 Å². The molecule has 0 aliphatic heterocycles. The molecule has 7 nitrogen and oxygen atoms in total. The van der Waals surface area contributed by atoms with Crippen LogP contribution in [0.1, 0.15) is 26.3 Å². The molecule has 0 spiro atoms. The van der Waals surface area contributed by atoms with Gasteiger partial charge in [0.25, 0.3) is 5.69 Å². The van der Waals surface area contributed by atoms with Gasteiger partial charge in [0.05, 0.1) is 10.5 Å². The van der Waals surface area contributed by atoms with Crippen LogP contribution in [0.4, 0.5) is 5.69 Å². The highest BCUT2D eigenvalue weighted by molar-refractivity contribution is 5.93. The molecule has 0 saturated heterocycles. The van der Waals surface area contributed by atoms with Gasteiger partial charge in [0.1, 0.15) is 5.75 Å². The molecule has 0 heterocycles. The quantitative estimate of drug-likeness (QED) is 0.402. The van der Waals surface area contributed by atoms with Crippen molar-refractivity contribution < 1.29 is 19.2 Å². The van der Waals surface area contributed by atoms with Crippen LogP contribution in [-0.2, 0) is 0 Å². The summed E-state index contributed by atoms with van der Waals surface area (Å²) < 4.78 is 5.13. The van der Waals surface area contributed by atoms with Gasteiger partial charge in [0.15, 0.2) is 0 Å².